The normalized spacial score (nSPS) is 12.7. The first kappa shape index (κ1) is 13.7. The maximum Gasteiger partial charge on any atom is 0.202 e. The molecule has 0 saturated carbocycles. The Labute approximate surface area is 93.1 Å². The molecular weight excluding hydrogens is 190 g/mol. The van der Waals surface area contributed by atoms with Crippen molar-refractivity contribution in [1.29, 1.82) is 0 Å². The lowest BCUT2D eigenvalue weighted by atomic mass is 10.5. The van der Waals surface area contributed by atoms with Gasteiger partial charge in [-0.2, -0.15) is 0 Å². The van der Waals surface area contributed by atoms with Crippen LogP contribution in [0.15, 0.2) is 9.98 Å². The van der Waals surface area contributed by atoms with Crippen molar-refractivity contribution in [2.45, 2.75) is 6.92 Å². The Morgan fingerprint density at radius 1 is 0.933 bits per heavy atom. The van der Waals surface area contributed by atoms with Gasteiger partial charge in [0.15, 0.2) is 0 Å². The van der Waals surface area contributed by atoms with E-state index < -0.39 is 0 Å². The van der Waals surface area contributed by atoms with E-state index in [1.54, 1.807) is 14.1 Å². The van der Waals surface area contributed by atoms with Crippen molar-refractivity contribution < 1.29 is 0 Å². The molecule has 0 atom stereocenters. The predicted octanol–water partition coefficient (Wildman–Crippen LogP) is 0.403. The molecule has 0 rings (SSSR count). The fourth-order valence-electron chi connectivity index (χ4n) is 1.46. The molecule has 0 aromatic heterocycles. The van der Waals surface area contributed by atoms with Crippen LogP contribution in [0.4, 0.5) is 0 Å². The molecule has 88 valence electrons. The van der Waals surface area contributed by atoms with Gasteiger partial charge in [0.2, 0.25) is 11.9 Å². The van der Waals surface area contributed by atoms with Crippen LogP contribution in [0.1, 0.15) is 6.92 Å². The highest BCUT2D eigenvalue weighted by atomic mass is 15.4. The van der Waals surface area contributed by atoms with Crippen molar-refractivity contribution in [2.75, 3.05) is 48.8 Å². The molecule has 0 bridgehead atoms. The fraction of sp³-hybridized carbons (Fsp3) is 0.800. The molecule has 0 spiro atoms. The van der Waals surface area contributed by atoms with Gasteiger partial charge in [0.1, 0.15) is 0 Å². The standard InChI is InChI=1S/C10H23N5/c1-8-14(6)10(12-3)15(7)9(11-2)13(4)5/h8H2,1-7H3. The Balaban J connectivity index is 4.88. The molecule has 5 nitrogen and oxygen atoms in total. The van der Waals surface area contributed by atoms with E-state index in [0.717, 1.165) is 18.5 Å². The van der Waals surface area contributed by atoms with Gasteiger partial charge in [-0.25, -0.2) is 0 Å². The molecule has 0 fully saturated rings. The second-order valence-electron chi connectivity index (χ2n) is 3.51. The first-order chi connectivity index (χ1) is 6.99. The maximum atomic E-state index is 4.27. The molecule has 0 unspecified atom stereocenters. The lowest BCUT2D eigenvalue weighted by molar-refractivity contribution is 0.443. The molecule has 0 aromatic carbocycles. The van der Waals surface area contributed by atoms with E-state index in [-0.39, 0.29) is 0 Å². The van der Waals surface area contributed by atoms with Gasteiger partial charge < -0.3 is 9.80 Å². The number of guanidine groups is 2. The lowest BCUT2D eigenvalue weighted by Gasteiger charge is -2.31. The molecule has 0 amide bonds. The van der Waals surface area contributed by atoms with E-state index in [2.05, 4.69) is 21.8 Å². The number of rotatable bonds is 1. The second kappa shape index (κ2) is 6.27. The topological polar surface area (TPSA) is 34.4 Å². The summed E-state index contributed by atoms with van der Waals surface area (Å²) in [4.78, 5) is 14.5. The molecule has 0 aliphatic carbocycles. The minimum absolute atomic E-state index is 0.885. The summed E-state index contributed by atoms with van der Waals surface area (Å²) in [6.07, 6.45) is 0. The summed E-state index contributed by atoms with van der Waals surface area (Å²) >= 11 is 0. The van der Waals surface area contributed by atoms with Gasteiger partial charge >= 0.3 is 0 Å². The largest absolute Gasteiger partial charge is 0.349 e. The Kier molecular flexibility index (Phi) is 5.74. The molecule has 0 aliphatic heterocycles. The summed E-state index contributed by atoms with van der Waals surface area (Å²) in [7, 11) is 11.5. The van der Waals surface area contributed by atoms with Crippen molar-refractivity contribution in [1.82, 2.24) is 14.7 Å². The van der Waals surface area contributed by atoms with Crippen LogP contribution in [0.5, 0.6) is 0 Å². The monoisotopic (exact) mass is 213 g/mol. The number of hydrogen-bond donors (Lipinski definition) is 0. The molecule has 0 aliphatic rings. The highest BCUT2D eigenvalue weighted by Gasteiger charge is 2.16. The minimum Gasteiger partial charge on any atom is -0.349 e. The van der Waals surface area contributed by atoms with E-state index in [9.17, 15) is 0 Å². The maximum absolute atomic E-state index is 4.27. The van der Waals surface area contributed by atoms with E-state index in [4.69, 9.17) is 0 Å². The third-order valence-corrected chi connectivity index (χ3v) is 2.22. The highest BCUT2D eigenvalue weighted by Crippen LogP contribution is 1.98. The van der Waals surface area contributed by atoms with Gasteiger partial charge in [-0.3, -0.25) is 14.9 Å². The smallest absolute Gasteiger partial charge is 0.202 e. The average Bonchev–Trinajstić information content (AvgIpc) is 2.19. The average molecular weight is 213 g/mol. The predicted molar refractivity (Wildman–Crippen MR) is 66.5 cm³/mol. The number of aliphatic imine (C=N–C) groups is 2. The van der Waals surface area contributed by atoms with Crippen molar-refractivity contribution >= 4 is 11.9 Å². The third kappa shape index (κ3) is 3.42. The van der Waals surface area contributed by atoms with Crippen LogP contribution < -0.4 is 0 Å². The summed E-state index contributed by atoms with van der Waals surface area (Å²) < 4.78 is 0. The lowest BCUT2D eigenvalue weighted by Crippen LogP contribution is -2.48. The van der Waals surface area contributed by atoms with Crippen molar-refractivity contribution in [2.24, 2.45) is 9.98 Å². The van der Waals surface area contributed by atoms with Crippen LogP contribution in [-0.2, 0) is 0 Å². The molecule has 15 heavy (non-hydrogen) atoms. The Hall–Kier alpha value is -1.26. The number of hydrogen-bond acceptors (Lipinski definition) is 2. The van der Waals surface area contributed by atoms with Crippen LogP contribution in [-0.4, -0.2) is 75.4 Å². The zero-order valence-electron chi connectivity index (χ0n) is 10.9. The minimum atomic E-state index is 0.885. The van der Waals surface area contributed by atoms with Gasteiger partial charge in [0.25, 0.3) is 0 Å². The number of nitrogens with zero attached hydrogens (tertiary/aromatic N) is 5. The molecule has 0 N–H and O–H groups in total. The summed E-state index contributed by atoms with van der Waals surface area (Å²) in [5.41, 5.74) is 0. The quantitative estimate of drug-likeness (QED) is 0.467. The zero-order valence-corrected chi connectivity index (χ0v) is 10.9. The summed E-state index contributed by atoms with van der Waals surface area (Å²) in [6, 6.07) is 0. The Morgan fingerprint density at radius 2 is 1.40 bits per heavy atom. The van der Waals surface area contributed by atoms with E-state index >= 15 is 0 Å². The van der Waals surface area contributed by atoms with Gasteiger partial charge in [0, 0.05) is 48.8 Å². The zero-order chi connectivity index (χ0) is 12.0. The van der Waals surface area contributed by atoms with E-state index in [1.165, 1.54) is 0 Å². The highest BCUT2D eigenvalue weighted by molar-refractivity contribution is 5.98. The second-order valence-corrected chi connectivity index (χ2v) is 3.51. The summed E-state index contributed by atoms with van der Waals surface area (Å²) in [5.74, 6) is 1.79. The summed E-state index contributed by atoms with van der Waals surface area (Å²) in [6.45, 7) is 3.01. The van der Waals surface area contributed by atoms with Gasteiger partial charge in [-0.15, -0.1) is 0 Å². The molecule has 0 heterocycles. The van der Waals surface area contributed by atoms with Crippen LogP contribution in [0, 0.1) is 0 Å². The van der Waals surface area contributed by atoms with Crippen LogP contribution in [0.2, 0.25) is 0 Å². The third-order valence-electron chi connectivity index (χ3n) is 2.22. The molecular formula is C10H23N5. The molecule has 0 saturated heterocycles. The van der Waals surface area contributed by atoms with E-state index in [1.807, 2.05) is 38.0 Å². The van der Waals surface area contributed by atoms with Crippen molar-refractivity contribution in [3.63, 3.8) is 0 Å². The van der Waals surface area contributed by atoms with Crippen LogP contribution in [0.25, 0.3) is 0 Å². The first-order valence-electron chi connectivity index (χ1n) is 5.05. The first-order valence-corrected chi connectivity index (χ1v) is 5.05. The SMILES string of the molecule is CCN(C)C(=NC)N(C)C(=NC)N(C)C. The van der Waals surface area contributed by atoms with Gasteiger partial charge in [-0.05, 0) is 6.92 Å². The van der Waals surface area contributed by atoms with Crippen molar-refractivity contribution in [3.8, 4) is 0 Å². The van der Waals surface area contributed by atoms with Crippen LogP contribution >= 0.6 is 0 Å². The van der Waals surface area contributed by atoms with Gasteiger partial charge in [-0.1, -0.05) is 0 Å². The Bertz CT molecular complexity index is 244. The summed E-state index contributed by atoms with van der Waals surface area (Å²) in [5, 5.41) is 0. The molecule has 5 heteroatoms. The van der Waals surface area contributed by atoms with Crippen molar-refractivity contribution in [3.05, 3.63) is 0 Å². The fourth-order valence-corrected chi connectivity index (χ4v) is 1.46. The van der Waals surface area contributed by atoms with Gasteiger partial charge in [0.05, 0.1) is 0 Å². The Morgan fingerprint density at radius 3 is 1.67 bits per heavy atom. The van der Waals surface area contributed by atoms with E-state index in [0.29, 0.717) is 0 Å². The molecule has 0 aromatic rings. The van der Waals surface area contributed by atoms with Crippen LogP contribution in [0.3, 0.4) is 0 Å². The molecule has 0 radical (unpaired) electrons.